The van der Waals surface area contributed by atoms with Gasteiger partial charge in [-0.3, -0.25) is 0 Å². The van der Waals surface area contributed by atoms with Crippen LogP contribution in [0.15, 0.2) is 0 Å². The molecular weight excluding hydrogens is 165 g/mol. The van der Waals surface area contributed by atoms with Crippen LogP contribution >= 0.6 is 12.4 Å². The normalized spacial score (nSPS) is 2.00. The molecule has 0 heterocycles. The second-order valence-corrected chi connectivity index (χ2v) is 0.427. The van der Waals surface area contributed by atoms with Gasteiger partial charge in [0.2, 0.25) is 0 Å². The molecule has 0 saturated heterocycles. The number of halogens is 1. The predicted molar refractivity (Wildman–Crippen MR) is 12.9 cm³/mol. The van der Waals surface area contributed by atoms with Gasteiger partial charge in [0.25, 0.3) is 0 Å². The number of hydrogen-bond donors (Lipinski definition) is 0. The summed E-state index contributed by atoms with van der Waals surface area (Å²) >= 11 is 1.70. The van der Waals surface area contributed by atoms with E-state index in [0.29, 0.717) is 0 Å². The first-order chi connectivity index (χ1) is 1.41. The van der Waals surface area contributed by atoms with Crippen LogP contribution in [0.1, 0.15) is 0 Å². The van der Waals surface area contributed by atoms with Crippen molar-refractivity contribution in [2.75, 3.05) is 0 Å². The third kappa shape index (κ3) is 22.8. The molecule has 0 atom stereocenters. The van der Waals surface area contributed by atoms with Gasteiger partial charge in [-0.1, -0.05) is 0 Å². The summed E-state index contributed by atoms with van der Waals surface area (Å²) < 4.78 is 1.43. The van der Waals surface area contributed by atoms with E-state index in [1.807, 2.05) is 0 Å². The monoisotopic (exact) mass is 166 g/mol. The number of rotatable bonds is 0. The molecule has 0 fully saturated rings. The maximum atomic E-state index is 8.65. The SMILES string of the molecule is Cl.O=[C]=[Ru+2]. The Morgan fingerprint density at radius 3 is 1.75 bits per heavy atom. The van der Waals surface area contributed by atoms with Gasteiger partial charge in [0.05, 0.1) is 0 Å². The van der Waals surface area contributed by atoms with Crippen molar-refractivity contribution in [3.8, 4) is 0 Å². The molecule has 0 aromatic rings. The zero-order chi connectivity index (χ0) is 2.71. The molecular formula is CHClORu+2. The summed E-state index contributed by atoms with van der Waals surface area (Å²) in [6.07, 6.45) is 0. The van der Waals surface area contributed by atoms with E-state index in [9.17, 15) is 0 Å². The summed E-state index contributed by atoms with van der Waals surface area (Å²) in [5.41, 5.74) is 0. The molecule has 24 valence electrons. The molecule has 0 radical (unpaired) electrons. The first-order valence-corrected chi connectivity index (χ1v) is 1.25. The van der Waals surface area contributed by atoms with E-state index in [1.54, 1.807) is 17.9 Å². The predicted octanol–water partition coefficient (Wildman–Crippen LogP) is 0.0222. The Morgan fingerprint density at radius 1 is 1.75 bits per heavy atom. The Morgan fingerprint density at radius 2 is 1.75 bits per heavy atom. The van der Waals surface area contributed by atoms with Crippen LogP contribution in [-0.2, 0) is 22.6 Å². The molecule has 0 N–H and O–H groups in total. The van der Waals surface area contributed by atoms with Crippen LogP contribution in [0.25, 0.3) is 0 Å². The van der Waals surface area contributed by atoms with Crippen LogP contribution in [-0.4, -0.2) is 4.47 Å². The fourth-order valence-electron chi connectivity index (χ4n) is 0. The molecule has 0 unspecified atom stereocenters. The topological polar surface area (TPSA) is 17.1 Å². The number of hydrogen-bond acceptors (Lipinski definition) is 1. The van der Waals surface area contributed by atoms with Gasteiger partial charge in [0, 0.05) is 0 Å². The molecule has 0 aromatic carbocycles. The Hall–Kier alpha value is 0.493. The van der Waals surface area contributed by atoms with Gasteiger partial charge in [-0.15, -0.1) is 12.4 Å². The standard InChI is InChI=1S/CO.ClH.Ru/c1-2;;/h;1H;/q;;+2. The zero-order valence-corrected chi connectivity index (χ0v) is 4.22. The minimum atomic E-state index is 0. The first kappa shape index (κ1) is 8.82. The van der Waals surface area contributed by atoms with Crippen LogP contribution in [0.3, 0.4) is 0 Å². The van der Waals surface area contributed by atoms with E-state index in [0.717, 1.165) is 0 Å². The van der Waals surface area contributed by atoms with Gasteiger partial charge in [-0.05, 0) is 0 Å². The van der Waals surface area contributed by atoms with E-state index in [2.05, 4.69) is 0 Å². The fraction of sp³-hybridized carbons (Fsp3) is 0. The van der Waals surface area contributed by atoms with Crippen molar-refractivity contribution in [3.63, 3.8) is 0 Å². The summed E-state index contributed by atoms with van der Waals surface area (Å²) in [7, 11) is 0. The molecule has 0 saturated carbocycles. The quantitative estimate of drug-likeness (QED) is 0.463. The Balaban J connectivity index is 0. The summed E-state index contributed by atoms with van der Waals surface area (Å²) in [4.78, 5) is 8.65. The van der Waals surface area contributed by atoms with E-state index in [1.165, 1.54) is 4.47 Å². The van der Waals surface area contributed by atoms with Gasteiger partial charge in [0.1, 0.15) is 0 Å². The van der Waals surface area contributed by atoms with E-state index < -0.39 is 0 Å². The van der Waals surface area contributed by atoms with E-state index in [4.69, 9.17) is 4.79 Å². The molecule has 0 aromatic heterocycles. The first-order valence-electron chi connectivity index (χ1n) is 0.381. The molecule has 3 heteroatoms. The van der Waals surface area contributed by atoms with Crippen molar-refractivity contribution in [1.82, 2.24) is 0 Å². The van der Waals surface area contributed by atoms with Crippen molar-refractivity contribution in [2.24, 2.45) is 0 Å². The van der Waals surface area contributed by atoms with Crippen molar-refractivity contribution in [2.45, 2.75) is 0 Å². The van der Waals surface area contributed by atoms with Crippen molar-refractivity contribution < 1.29 is 22.6 Å². The van der Waals surface area contributed by atoms with Crippen LogP contribution < -0.4 is 0 Å². The minimum absolute atomic E-state index is 0. The van der Waals surface area contributed by atoms with E-state index >= 15 is 0 Å². The molecule has 0 aliphatic heterocycles. The summed E-state index contributed by atoms with van der Waals surface area (Å²) in [5, 5.41) is 0. The molecule has 0 aliphatic rings. The summed E-state index contributed by atoms with van der Waals surface area (Å²) in [5.74, 6) is 0. The van der Waals surface area contributed by atoms with Gasteiger partial charge in [-0.2, -0.15) is 0 Å². The molecule has 1 nitrogen and oxygen atoms in total. The molecule has 0 bridgehead atoms. The van der Waals surface area contributed by atoms with E-state index in [-0.39, 0.29) is 12.4 Å². The Bertz CT molecular complexity index is 29.0. The Kier molecular flexibility index (Phi) is 21.5. The maximum absolute atomic E-state index is 8.65. The third-order valence-electron chi connectivity index (χ3n) is 0. The molecule has 0 rings (SSSR count). The number of carbonyl (C=O) groups excluding carboxylic acids is 1. The van der Waals surface area contributed by atoms with Crippen LogP contribution in [0, 0.1) is 0 Å². The van der Waals surface area contributed by atoms with Crippen molar-refractivity contribution in [1.29, 1.82) is 0 Å². The van der Waals surface area contributed by atoms with Crippen LogP contribution in [0.5, 0.6) is 0 Å². The van der Waals surface area contributed by atoms with Crippen molar-refractivity contribution in [3.05, 3.63) is 0 Å². The van der Waals surface area contributed by atoms with Gasteiger partial charge >= 0.3 is 27.1 Å². The fourth-order valence-corrected chi connectivity index (χ4v) is 0. The second kappa shape index (κ2) is 9.74. The summed E-state index contributed by atoms with van der Waals surface area (Å²) in [6, 6.07) is 0. The third-order valence-corrected chi connectivity index (χ3v) is 0. The zero-order valence-electron chi connectivity index (χ0n) is 1.67. The van der Waals surface area contributed by atoms with Gasteiger partial charge in [-0.25, -0.2) is 0 Å². The molecule has 0 amide bonds. The Labute approximate surface area is 40.0 Å². The molecule has 4 heavy (non-hydrogen) atoms. The van der Waals surface area contributed by atoms with Crippen molar-refractivity contribution >= 4 is 16.9 Å². The average molecular weight is 166 g/mol. The second-order valence-electron chi connectivity index (χ2n) is 0.0722. The summed E-state index contributed by atoms with van der Waals surface area (Å²) in [6.45, 7) is 0. The van der Waals surface area contributed by atoms with Gasteiger partial charge < -0.3 is 0 Å². The molecule has 0 spiro atoms. The average Bonchev–Trinajstić information content (AvgIpc) is 0.918. The molecule has 0 aliphatic carbocycles. The van der Waals surface area contributed by atoms with Gasteiger partial charge in [0.15, 0.2) is 0 Å². The van der Waals surface area contributed by atoms with Crippen LogP contribution in [0.4, 0.5) is 0 Å². The van der Waals surface area contributed by atoms with Crippen LogP contribution in [0.2, 0.25) is 0 Å².